The van der Waals surface area contributed by atoms with Crippen molar-refractivity contribution in [1.82, 2.24) is 4.98 Å². The molecule has 0 spiro atoms. The first kappa shape index (κ1) is 22.0. The SMILES string of the molecule is N#C/C(=C\c1ccc(-c2ccc(Br)cc2)o1)C(=O)Nc1ncc(Cc2cccc(Cl)c2)s1. The monoisotopic (exact) mass is 523 g/mol. The van der Waals surface area contributed by atoms with Gasteiger partial charge in [0.15, 0.2) is 5.13 Å². The fourth-order valence-electron chi connectivity index (χ4n) is 2.95. The molecule has 0 atom stereocenters. The van der Waals surface area contributed by atoms with Crippen molar-refractivity contribution >= 4 is 56.0 Å². The molecule has 8 heteroatoms. The Morgan fingerprint density at radius 3 is 2.78 bits per heavy atom. The van der Waals surface area contributed by atoms with Crippen LogP contribution in [0.1, 0.15) is 16.2 Å². The molecule has 0 radical (unpaired) electrons. The highest BCUT2D eigenvalue weighted by molar-refractivity contribution is 9.10. The van der Waals surface area contributed by atoms with Gasteiger partial charge in [0.05, 0.1) is 0 Å². The molecule has 4 aromatic rings. The highest BCUT2D eigenvalue weighted by Crippen LogP contribution is 2.26. The molecule has 0 aliphatic carbocycles. The number of carbonyl (C=O) groups excluding carboxylic acids is 1. The van der Waals surface area contributed by atoms with Crippen molar-refractivity contribution < 1.29 is 9.21 Å². The summed E-state index contributed by atoms with van der Waals surface area (Å²) in [5.74, 6) is 0.514. The van der Waals surface area contributed by atoms with E-state index >= 15 is 0 Å². The Kier molecular flexibility index (Phi) is 6.86. The standard InChI is InChI=1S/C24H15BrClN3O2S/c25-18-6-4-16(5-7-18)22-9-8-20(31-22)12-17(13-27)23(30)29-24-28-14-21(32-24)11-15-2-1-3-19(26)10-15/h1-10,12,14H,11H2,(H,28,29,30)/b17-12+. The minimum absolute atomic E-state index is 0.0757. The van der Waals surface area contributed by atoms with Crippen LogP contribution in [-0.2, 0) is 11.2 Å². The van der Waals surface area contributed by atoms with Crippen molar-refractivity contribution in [2.24, 2.45) is 0 Å². The number of carbonyl (C=O) groups is 1. The highest BCUT2D eigenvalue weighted by Gasteiger charge is 2.14. The quantitative estimate of drug-likeness (QED) is 0.218. The molecule has 158 valence electrons. The largest absolute Gasteiger partial charge is 0.457 e. The first-order chi connectivity index (χ1) is 15.5. The van der Waals surface area contributed by atoms with Crippen molar-refractivity contribution in [3.8, 4) is 17.4 Å². The summed E-state index contributed by atoms with van der Waals surface area (Å²) in [6.07, 6.45) is 3.77. The highest BCUT2D eigenvalue weighted by atomic mass is 79.9. The molecule has 0 aliphatic rings. The van der Waals surface area contributed by atoms with Crippen LogP contribution in [0.25, 0.3) is 17.4 Å². The van der Waals surface area contributed by atoms with Crippen molar-refractivity contribution in [2.45, 2.75) is 6.42 Å². The Labute approximate surface area is 202 Å². The van der Waals surface area contributed by atoms with Crippen LogP contribution in [0.3, 0.4) is 0 Å². The smallest absolute Gasteiger partial charge is 0.268 e. The number of halogens is 2. The van der Waals surface area contributed by atoms with E-state index in [1.807, 2.05) is 54.6 Å². The molecule has 2 heterocycles. The van der Waals surface area contributed by atoms with E-state index in [4.69, 9.17) is 16.0 Å². The summed E-state index contributed by atoms with van der Waals surface area (Å²) in [6.45, 7) is 0. The molecule has 4 rings (SSSR count). The van der Waals surface area contributed by atoms with Gasteiger partial charge >= 0.3 is 0 Å². The second kappa shape index (κ2) is 9.96. The summed E-state index contributed by atoms with van der Waals surface area (Å²) in [6, 6.07) is 20.7. The van der Waals surface area contributed by atoms with Gasteiger partial charge in [0.1, 0.15) is 23.2 Å². The second-order valence-corrected chi connectivity index (χ2v) is 9.24. The number of amides is 1. The maximum absolute atomic E-state index is 12.6. The van der Waals surface area contributed by atoms with Crippen LogP contribution in [0.15, 0.2) is 81.3 Å². The van der Waals surface area contributed by atoms with E-state index in [0.717, 1.165) is 20.5 Å². The van der Waals surface area contributed by atoms with Gasteiger partial charge in [-0.05, 0) is 42.0 Å². The van der Waals surface area contributed by atoms with E-state index in [1.54, 1.807) is 18.3 Å². The zero-order valence-electron chi connectivity index (χ0n) is 16.5. The van der Waals surface area contributed by atoms with Gasteiger partial charge in [-0.2, -0.15) is 5.26 Å². The summed E-state index contributed by atoms with van der Waals surface area (Å²) < 4.78 is 6.74. The Bertz CT molecular complexity index is 1340. The molecule has 0 saturated carbocycles. The van der Waals surface area contributed by atoms with Crippen molar-refractivity contribution in [3.63, 3.8) is 0 Å². The zero-order valence-corrected chi connectivity index (χ0v) is 19.7. The molecule has 1 amide bonds. The molecule has 0 fully saturated rings. The molecular weight excluding hydrogens is 510 g/mol. The minimum Gasteiger partial charge on any atom is -0.457 e. The van der Waals surface area contributed by atoms with Gasteiger partial charge in [-0.1, -0.05) is 51.8 Å². The van der Waals surface area contributed by atoms with Crippen molar-refractivity contribution in [2.75, 3.05) is 5.32 Å². The van der Waals surface area contributed by atoms with Crippen molar-refractivity contribution in [3.05, 3.63) is 98.1 Å². The summed E-state index contributed by atoms with van der Waals surface area (Å²) in [5, 5.41) is 13.2. The van der Waals surface area contributed by atoms with E-state index < -0.39 is 5.91 Å². The molecule has 5 nitrogen and oxygen atoms in total. The number of nitrogens with one attached hydrogen (secondary N) is 1. The Morgan fingerprint density at radius 1 is 1.22 bits per heavy atom. The van der Waals surface area contributed by atoms with Crippen molar-refractivity contribution in [1.29, 1.82) is 5.26 Å². The van der Waals surface area contributed by atoms with Gasteiger partial charge in [0.25, 0.3) is 5.91 Å². The van der Waals surface area contributed by atoms with Gasteiger partial charge in [0, 0.05) is 38.6 Å². The maximum atomic E-state index is 12.6. The number of furan rings is 1. The molecule has 1 N–H and O–H groups in total. The second-order valence-electron chi connectivity index (χ2n) is 6.77. The third-order valence-electron chi connectivity index (χ3n) is 4.45. The molecule has 0 bridgehead atoms. The van der Waals surface area contributed by atoms with Crippen LogP contribution in [0.2, 0.25) is 5.02 Å². The predicted molar refractivity (Wildman–Crippen MR) is 130 cm³/mol. The lowest BCUT2D eigenvalue weighted by Gasteiger charge is -2.00. The number of hydrogen-bond donors (Lipinski definition) is 1. The maximum Gasteiger partial charge on any atom is 0.268 e. The summed E-state index contributed by atoms with van der Waals surface area (Å²) in [5.41, 5.74) is 1.87. The van der Waals surface area contributed by atoms with Crippen LogP contribution in [-0.4, -0.2) is 10.9 Å². The van der Waals surface area contributed by atoms with E-state index in [2.05, 4.69) is 26.2 Å². The zero-order chi connectivity index (χ0) is 22.5. The van der Waals surface area contributed by atoms with Gasteiger partial charge in [0.2, 0.25) is 0 Å². The number of aromatic nitrogens is 1. The summed E-state index contributed by atoms with van der Waals surface area (Å²) in [7, 11) is 0. The summed E-state index contributed by atoms with van der Waals surface area (Å²) >= 11 is 10.8. The molecule has 0 saturated heterocycles. The van der Waals surface area contributed by atoms with Gasteiger partial charge < -0.3 is 4.42 Å². The fourth-order valence-corrected chi connectivity index (χ4v) is 4.27. The lowest BCUT2D eigenvalue weighted by atomic mass is 10.1. The lowest BCUT2D eigenvalue weighted by molar-refractivity contribution is -0.112. The molecular formula is C24H15BrClN3O2S. The topological polar surface area (TPSA) is 78.9 Å². The average molecular weight is 525 g/mol. The number of nitriles is 1. The number of benzene rings is 2. The molecule has 32 heavy (non-hydrogen) atoms. The van der Waals surface area contributed by atoms with Crippen LogP contribution < -0.4 is 5.32 Å². The van der Waals surface area contributed by atoms with E-state index in [9.17, 15) is 10.1 Å². The van der Waals surface area contributed by atoms with E-state index in [-0.39, 0.29) is 5.57 Å². The normalized spacial score (nSPS) is 11.2. The van der Waals surface area contributed by atoms with Gasteiger partial charge in [-0.15, -0.1) is 11.3 Å². The minimum atomic E-state index is -0.544. The van der Waals surface area contributed by atoms with E-state index in [0.29, 0.717) is 28.1 Å². The third-order valence-corrected chi connectivity index (χ3v) is 6.13. The van der Waals surface area contributed by atoms with Gasteiger partial charge in [-0.3, -0.25) is 10.1 Å². The fraction of sp³-hybridized carbons (Fsp3) is 0.0417. The third kappa shape index (κ3) is 5.54. The number of hydrogen-bond acceptors (Lipinski definition) is 5. The van der Waals surface area contributed by atoms with Crippen LogP contribution in [0, 0.1) is 11.3 Å². The van der Waals surface area contributed by atoms with Gasteiger partial charge in [-0.25, -0.2) is 4.98 Å². The van der Waals surface area contributed by atoms with Crippen LogP contribution in [0.4, 0.5) is 5.13 Å². The number of rotatable bonds is 6. The number of anilines is 1. The first-order valence-corrected chi connectivity index (χ1v) is 11.5. The Balaban J connectivity index is 1.44. The molecule has 0 aliphatic heterocycles. The Morgan fingerprint density at radius 2 is 2.03 bits per heavy atom. The van der Waals surface area contributed by atoms with E-state index in [1.165, 1.54) is 17.4 Å². The van der Waals surface area contributed by atoms with Crippen LogP contribution in [0.5, 0.6) is 0 Å². The Hall–Kier alpha value is -3.18. The predicted octanol–water partition coefficient (Wildman–Crippen LogP) is 6.96. The molecule has 0 unspecified atom stereocenters. The average Bonchev–Trinajstić information content (AvgIpc) is 3.42. The number of thiazole rings is 1. The molecule has 2 aromatic carbocycles. The molecule has 2 aromatic heterocycles. The number of nitrogens with zero attached hydrogens (tertiary/aromatic N) is 2. The van der Waals surface area contributed by atoms with Crippen LogP contribution >= 0.6 is 38.9 Å². The first-order valence-electron chi connectivity index (χ1n) is 9.48. The summed E-state index contributed by atoms with van der Waals surface area (Å²) in [4.78, 5) is 17.8. The lowest BCUT2D eigenvalue weighted by Crippen LogP contribution is -2.13.